The third-order valence-electron chi connectivity index (χ3n) is 2.38. The maximum Gasteiger partial charge on any atom is 0.132 e. The lowest BCUT2D eigenvalue weighted by atomic mass is 10.1. The highest BCUT2D eigenvalue weighted by Crippen LogP contribution is 2.24. The van der Waals surface area contributed by atoms with E-state index in [2.05, 4.69) is 27.0 Å². The first-order valence-electron chi connectivity index (χ1n) is 5.01. The number of pyridine rings is 1. The Hall–Kier alpha value is -0.310. The number of benzene rings is 1. The lowest BCUT2D eigenvalue weighted by Crippen LogP contribution is -1.91. The molecule has 0 spiro atoms. The molecule has 0 saturated carbocycles. The highest BCUT2D eigenvalue weighted by molar-refractivity contribution is 9.10. The fourth-order valence-electron chi connectivity index (χ4n) is 1.60. The first kappa shape index (κ1) is 12.2. The maximum absolute atomic E-state index is 6.11. The second-order valence-electron chi connectivity index (χ2n) is 3.57. The molecule has 2 aromatic rings. The van der Waals surface area contributed by atoms with Crippen LogP contribution < -0.4 is 0 Å². The molecule has 0 saturated heterocycles. The number of halogens is 3. The molecule has 0 aliphatic heterocycles. The summed E-state index contributed by atoms with van der Waals surface area (Å²) in [4.78, 5) is 4.37. The van der Waals surface area contributed by atoms with Gasteiger partial charge >= 0.3 is 0 Å². The SMILES string of the molecule is ClCCCc1cc2cc(Br)ccc2nc1Cl. The van der Waals surface area contributed by atoms with Gasteiger partial charge in [0, 0.05) is 15.7 Å². The molecule has 0 aliphatic carbocycles. The minimum atomic E-state index is 0.583. The zero-order valence-corrected chi connectivity index (χ0v) is 11.6. The summed E-state index contributed by atoms with van der Waals surface area (Å²) < 4.78 is 1.05. The van der Waals surface area contributed by atoms with Gasteiger partial charge in [-0.05, 0) is 42.7 Å². The largest absolute Gasteiger partial charge is 0.236 e. The molecule has 1 aromatic carbocycles. The first-order valence-corrected chi connectivity index (χ1v) is 6.72. The van der Waals surface area contributed by atoms with Crippen LogP contribution >= 0.6 is 39.1 Å². The number of alkyl halides is 1. The summed E-state index contributed by atoms with van der Waals surface area (Å²) in [6, 6.07) is 8.05. The van der Waals surface area contributed by atoms with Gasteiger partial charge in [-0.1, -0.05) is 27.5 Å². The van der Waals surface area contributed by atoms with Crippen molar-refractivity contribution in [1.29, 1.82) is 0 Å². The molecule has 16 heavy (non-hydrogen) atoms. The summed E-state index contributed by atoms with van der Waals surface area (Å²) >= 11 is 15.2. The number of fused-ring (bicyclic) bond motifs is 1. The Morgan fingerprint density at radius 3 is 2.81 bits per heavy atom. The van der Waals surface area contributed by atoms with Crippen LogP contribution in [0, 0.1) is 0 Å². The molecule has 0 aliphatic rings. The van der Waals surface area contributed by atoms with Crippen LogP contribution in [0.4, 0.5) is 0 Å². The smallest absolute Gasteiger partial charge is 0.132 e. The van der Waals surface area contributed by atoms with Crippen molar-refractivity contribution < 1.29 is 0 Å². The van der Waals surface area contributed by atoms with Gasteiger partial charge in [0.15, 0.2) is 0 Å². The Labute approximate surface area is 113 Å². The quantitative estimate of drug-likeness (QED) is 0.584. The van der Waals surface area contributed by atoms with E-state index in [1.807, 2.05) is 18.2 Å². The fraction of sp³-hybridized carbons (Fsp3) is 0.250. The zero-order valence-electron chi connectivity index (χ0n) is 8.51. The van der Waals surface area contributed by atoms with Crippen LogP contribution in [0.25, 0.3) is 10.9 Å². The number of nitrogens with zero attached hydrogens (tertiary/aromatic N) is 1. The molecule has 1 nitrogen and oxygen atoms in total. The molecule has 0 amide bonds. The van der Waals surface area contributed by atoms with Gasteiger partial charge in [-0.2, -0.15) is 0 Å². The van der Waals surface area contributed by atoms with Crippen LogP contribution in [0.15, 0.2) is 28.7 Å². The van der Waals surface area contributed by atoms with Gasteiger partial charge in [-0.25, -0.2) is 4.98 Å². The molecule has 0 atom stereocenters. The minimum Gasteiger partial charge on any atom is -0.236 e. The van der Waals surface area contributed by atoms with Gasteiger partial charge in [0.25, 0.3) is 0 Å². The summed E-state index contributed by atoms with van der Waals surface area (Å²) in [7, 11) is 0. The van der Waals surface area contributed by atoms with Crippen molar-refractivity contribution in [3.63, 3.8) is 0 Å². The number of hydrogen-bond acceptors (Lipinski definition) is 1. The molecule has 4 heteroatoms. The molecule has 0 bridgehead atoms. The topological polar surface area (TPSA) is 12.9 Å². The van der Waals surface area contributed by atoms with E-state index >= 15 is 0 Å². The summed E-state index contributed by atoms with van der Waals surface area (Å²) in [5.74, 6) is 0.646. The maximum atomic E-state index is 6.11. The third kappa shape index (κ3) is 2.68. The average molecular weight is 319 g/mol. The lowest BCUT2D eigenvalue weighted by Gasteiger charge is -2.05. The predicted molar refractivity (Wildman–Crippen MR) is 73.5 cm³/mol. The minimum absolute atomic E-state index is 0.583. The molecule has 84 valence electrons. The average Bonchev–Trinajstić information content (AvgIpc) is 2.27. The summed E-state index contributed by atoms with van der Waals surface area (Å²) in [6.07, 6.45) is 1.79. The lowest BCUT2D eigenvalue weighted by molar-refractivity contribution is 0.924. The van der Waals surface area contributed by atoms with E-state index in [0.717, 1.165) is 33.8 Å². The standard InChI is InChI=1S/C12H10BrCl2N/c13-10-3-4-11-9(7-10)6-8(2-1-5-14)12(15)16-11/h3-4,6-7H,1-2,5H2. The van der Waals surface area contributed by atoms with Crippen molar-refractivity contribution in [2.45, 2.75) is 12.8 Å². The van der Waals surface area contributed by atoms with Gasteiger partial charge in [0.2, 0.25) is 0 Å². The monoisotopic (exact) mass is 317 g/mol. The van der Waals surface area contributed by atoms with Crippen LogP contribution in [0.2, 0.25) is 5.15 Å². The molecule has 2 rings (SSSR count). The predicted octanol–water partition coefficient (Wildman–Crippen LogP) is 4.82. The van der Waals surface area contributed by atoms with Gasteiger partial charge in [-0.15, -0.1) is 11.6 Å². The number of aromatic nitrogens is 1. The number of rotatable bonds is 3. The highest BCUT2D eigenvalue weighted by atomic mass is 79.9. The summed E-state index contributed by atoms with van der Waals surface area (Å²) in [5.41, 5.74) is 1.98. The van der Waals surface area contributed by atoms with Crippen LogP contribution in [0.1, 0.15) is 12.0 Å². The second-order valence-corrected chi connectivity index (χ2v) is 5.22. The van der Waals surface area contributed by atoms with Crippen LogP contribution in [-0.4, -0.2) is 10.9 Å². The van der Waals surface area contributed by atoms with Crippen molar-refractivity contribution in [2.75, 3.05) is 5.88 Å². The first-order chi connectivity index (χ1) is 7.70. The van der Waals surface area contributed by atoms with Crippen LogP contribution in [0.5, 0.6) is 0 Å². The molecule has 1 heterocycles. The molecular weight excluding hydrogens is 309 g/mol. The van der Waals surface area contributed by atoms with E-state index in [9.17, 15) is 0 Å². The normalized spacial score (nSPS) is 10.9. The van der Waals surface area contributed by atoms with Crippen molar-refractivity contribution in [1.82, 2.24) is 4.98 Å². The van der Waals surface area contributed by atoms with E-state index in [1.54, 1.807) is 0 Å². The van der Waals surface area contributed by atoms with Gasteiger partial charge < -0.3 is 0 Å². The number of hydrogen-bond donors (Lipinski definition) is 0. The van der Waals surface area contributed by atoms with Gasteiger partial charge in [0.05, 0.1) is 5.52 Å². The van der Waals surface area contributed by atoms with E-state index in [-0.39, 0.29) is 0 Å². The molecule has 0 fully saturated rings. The molecule has 0 radical (unpaired) electrons. The highest BCUT2D eigenvalue weighted by Gasteiger charge is 2.05. The Morgan fingerprint density at radius 2 is 2.06 bits per heavy atom. The van der Waals surface area contributed by atoms with E-state index in [1.165, 1.54) is 0 Å². The molecule has 0 N–H and O–H groups in total. The second kappa shape index (κ2) is 5.35. The van der Waals surface area contributed by atoms with E-state index in [0.29, 0.717) is 11.0 Å². The number of aryl methyl sites for hydroxylation is 1. The summed E-state index contributed by atoms with van der Waals surface area (Å²) in [5, 5.41) is 1.68. The van der Waals surface area contributed by atoms with Gasteiger partial charge in [-0.3, -0.25) is 0 Å². The van der Waals surface area contributed by atoms with Crippen molar-refractivity contribution in [3.05, 3.63) is 39.5 Å². The zero-order chi connectivity index (χ0) is 11.5. The van der Waals surface area contributed by atoms with Gasteiger partial charge in [0.1, 0.15) is 5.15 Å². The Bertz CT molecular complexity index is 514. The Balaban J connectivity index is 2.46. The van der Waals surface area contributed by atoms with Crippen LogP contribution in [-0.2, 0) is 6.42 Å². The van der Waals surface area contributed by atoms with E-state index < -0.39 is 0 Å². The van der Waals surface area contributed by atoms with Crippen molar-refractivity contribution in [3.8, 4) is 0 Å². The van der Waals surface area contributed by atoms with E-state index in [4.69, 9.17) is 23.2 Å². The van der Waals surface area contributed by atoms with Crippen LogP contribution in [0.3, 0.4) is 0 Å². The summed E-state index contributed by atoms with van der Waals surface area (Å²) in [6.45, 7) is 0. The van der Waals surface area contributed by atoms with Crippen molar-refractivity contribution >= 4 is 50.0 Å². The molecule has 1 aromatic heterocycles. The molecule has 0 unspecified atom stereocenters. The van der Waals surface area contributed by atoms with Crippen molar-refractivity contribution in [2.24, 2.45) is 0 Å². The fourth-order valence-corrected chi connectivity index (χ4v) is 2.35. The third-order valence-corrected chi connectivity index (χ3v) is 3.47. The Kier molecular flexibility index (Phi) is 4.06. The molecular formula is C12H10BrCl2N. The Morgan fingerprint density at radius 1 is 1.25 bits per heavy atom.